The lowest BCUT2D eigenvalue weighted by Gasteiger charge is -2.30. The summed E-state index contributed by atoms with van der Waals surface area (Å²) in [5, 5.41) is 22.8. The molecule has 2 atom stereocenters. The summed E-state index contributed by atoms with van der Waals surface area (Å²) in [4.78, 5) is 2.37. The molecule has 1 saturated heterocycles. The molecule has 0 aliphatic carbocycles. The molecule has 1 heterocycles. The van der Waals surface area contributed by atoms with Crippen LogP contribution in [0.25, 0.3) is 0 Å². The highest BCUT2D eigenvalue weighted by atomic mass is 16.3. The molecule has 1 aromatic rings. The smallest absolute Gasteiger partial charge is 0.120 e. The Balaban J connectivity index is 1.90. The SMILES string of the molecule is CC(NCC1CCCN(C)C1)c1cc(O)ccc1O. The lowest BCUT2D eigenvalue weighted by atomic mass is 9.97. The molecule has 1 fully saturated rings. The fourth-order valence-corrected chi connectivity index (χ4v) is 2.78. The van der Waals surface area contributed by atoms with E-state index in [-0.39, 0.29) is 17.5 Å². The minimum absolute atomic E-state index is 0.0410. The molecule has 0 aromatic heterocycles. The Morgan fingerprint density at radius 2 is 2.21 bits per heavy atom. The van der Waals surface area contributed by atoms with Gasteiger partial charge < -0.3 is 20.4 Å². The second-order valence-electron chi connectivity index (χ2n) is 5.64. The van der Waals surface area contributed by atoms with Gasteiger partial charge >= 0.3 is 0 Å². The summed E-state index contributed by atoms with van der Waals surface area (Å²) in [6.45, 7) is 5.28. The van der Waals surface area contributed by atoms with Crippen molar-refractivity contribution in [1.82, 2.24) is 10.2 Å². The van der Waals surface area contributed by atoms with Crippen LogP contribution in [0.4, 0.5) is 0 Å². The number of likely N-dealkylation sites (tertiary alicyclic amines) is 1. The van der Waals surface area contributed by atoms with E-state index in [0.29, 0.717) is 5.92 Å². The molecule has 4 nitrogen and oxygen atoms in total. The third-order valence-electron chi connectivity index (χ3n) is 3.91. The summed E-state index contributed by atoms with van der Waals surface area (Å²) in [5.41, 5.74) is 0.754. The fourth-order valence-electron chi connectivity index (χ4n) is 2.78. The van der Waals surface area contributed by atoms with E-state index >= 15 is 0 Å². The molecule has 1 aliphatic heterocycles. The van der Waals surface area contributed by atoms with Gasteiger partial charge in [-0.1, -0.05) is 0 Å². The second kappa shape index (κ2) is 6.26. The average Bonchev–Trinajstić information content (AvgIpc) is 2.39. The zero-order valence-electron chi connectivity index (χ0n) is 11.8. The van der Waals surface area contributed by atoms with Crippen molar-refractivity contribution in [1.29, 1.82) is 0 Å². The summed E-state index contributed by atoms with van der Waals surface area (Å²) in [5.74, 6) is 1.10. The Bertz CT molecular complexity index is 423. The van der Waals surface area contributed by atoms with Crippen LogP contribution in [0.15, 0.2) is 18.2 Å². The Morgan fingerprint density at radius 1 is 1.42 bits per heavy atom. The van der Waals surface area contributed by atoms with Crippen molar-refractivity contribution < 1.29 is 10.2 Å². The van der Waals surface area contributed by atoms with Crippen molar-refractivity contribution >= 4 is 0 Å². The molecule has 0 spiro atoms. The molecule has 106 valence electrons. The molecular weight excluding hydrogens is 240 g/mol. The molecule has 2 unspecified atom stereocenters. The van der Waals surface area contributed by atoms with E-state index in [1.807, 2.05) is 6.92 Å². The number of hydrogen-bond acceptors (Lipinski definition) is 4. The normalized spacial score (nSPS) is 22.3. The maximum atomic E-state index is 9.83. The highest BCUT2D eigenvalue weighted by molar-refractivity contribution is 5.40. The van der Waals surface area contributed by atoms with Crippen LogP contribution in [0.2, 0.25) is 0 Å². The monoisotopic (exact) mass is 264 g/mol. The van der Waals surface area contributed by atoms with Crippen molar-refractivity contribution in [2.24, 2.45) is 5.92 Å². The van der Waals surface area contributed by atoms with Gasteiger partial charge in [0.2, 0.25) is 0 Å². The van der Waals surface area contributed by atoms with Gasteiger partial charge in [-0.3, -0.25) is 0 Å². The van der Waals surface area contributed by atoms with Crippen LogP contribution < -0.4 is 5.32 Å². The van der Waals surface area contributed by atoms with E-state index in [1.165, 1.54) is 31.5 Å². The summed E-state index contributed by atoms with van der Waals surface area (Å²) in [6, 6.07) is 4.71. The van der Waals surface area contributed by atoms with E-state index in [9.17, 15) is 10.2 Å². The predicted molar refractivity (Wildman–Crippen MR) is 76.4 cm³/mol. The van der Waals surface area contributed by atoms with Crippen molar-refractivity contribution in [2.75, 3.05) is 26.7 Å². The molecule has 4 heteroatoms. The summed E-state index contributed by atoms with van der Waals surface area (Å²) in [6.07, 6.45) is 2.52. The minimum atomic E-state index is 0.0410. The summed E-state index contributed by atoms with van der Waals surface area (Å²) >= 11 is 0. The van der Waals surface area contributed by atoms with Crippen molar-refractivity contribution in [3.63, 3.8) is 0 Å². The number of piperidine rings is 1. The summed E-state index contributed by atoms with van der Waals surface area (Å²) < 4.78 is 0. The van der Waals surface area contributed by atoms with Crippen LogP contribution in [0.5, 0.6) is 11.5 Å². The number of hydrogen-bond donors (Lipinski definition) is 3. The first-order chi connectivity index (χ1) is 9.06. The van der Waals surface area contributed by atoms with E-state index in [4.69, 9.17) is 0 Å². The van der Waals surface area contributed by atoms with Crippen molar-refractivity contribution in [3.8, 4) is 11.5 Å². The number of benzene rings is 1. The maximum Gasteiger partial charge on any atom is 0.120 e. The number of nitrogens with zero attached hydrogens (tertiary/aromatic N) is 1. The van der Waals surface area contributed by atoms with Crippen LogP contribution in [0.3, 0.4) is 0 Å². The van der Waals surface area contributed by atoms with Crippen LogP contribution in [-0.4, -0.2) is 41.8 Å². The Hall–Kier alpha value is -1.26. The molecule has 0 bridgehead atoms. The van der Waals surface area contributed by atoms with Crippen molar-refractivity contribution in [2.45, 2.75) is 25.8 Å². The zero-order valence-corrected chi connectivity index (χ0v) is 11.8. The van der Waals surface area contributed by atoms with E-state index in [2.05, 4.69) is 17.3 Å². The molecule has 0 amide bonds. The van der Waals surface area contributed by atoms with Gasteiger partial charge in [-0.05, 0) is 64.0 Å². The van der Waals surface area contributed by atoms with Gasteiger partial charge in [0, 0.05) is 18.2 Å². The number of nitrogens with one attached hydrogen (secondary N) is 1. The van der Waals surface area contributed by atoms with Crippen LogP contribution in [0.1, 0.15) is 31.4 Å². The number of phenolic OH excluding ortho intramolecular Hbond substituents is 2. The van der Waals surface area contributed by atoms with Gasteiger partial charge in [-0.2, -0.15) is 0 Å². The first-order valence-corrected chi connectivity index (χ1v) is 7.00. The molecule has 1 aromatic carbocycles. The topological polar surface area (TPSA) is 55.7 Å². The lowest BCUT2D eigenvalue weighted by Crippen LogP contribution is -2.37. The number of phenols is 2. The molecular formula is C15H24N2O2. The van der Waals surface area contributed by atoms with Gasteiger partial charge in [-0.15, -0.1) is 0 Å². The Kier molecular flexibility index (Phi) is 4.66. The third kappa shape index (κ3) is 3.85. The maximum absolute atomic E-state index is 9.83. The molecule has 1 aliphatic rings. The minimum Gasteiger partial charge on any atom is -0.508 e. The van der Waals surface area contributed by atoms with Crippen LogP contribution in [0, 0.1) is 5.92 Å². The molecule has 3 N–H and O–H groups in total. The first-order valence-electron chi connectivity index (χ1n) is 7.00. The zero-order chi connectivity index (χ0) is 13.8. The highest BCUT2D eigenvalue weighted by Gasteiger charge is 2.18. The van der Waals surface area contributed by atoms with Gasteiger partial charge in [0.1, 0.15) is 11.5 Å². The van der Waals surface area contributed by atoms with E-state index in [0.717, 1.165) is 18.7 Å². The second-order valence-corrected chi connectivity index (χ2v) is 5.64. The standard InChI is InChI=1S/C15H24N2O2/c1-11(14-8-13(18)5-6-15(14)19)16-9-12-4-3-7-17(2)10-12/h5-6,8,11-12,16,18-19H,3-4,7,9-10H2,1-2H3. The van der Waals surface area contributed by atoms with Crippen LogP contribution in [-0.2, 0) is 0 Å². The summed E-state index contributed by atoms with van der Waals surface area (Å²) in [7, 11) is 2.16. The first kappa shape index (κ1) is 14.2. The molecule has 0 radical (unpaired) electrons. The Labute approximate surface area is 115 Å². The van der Waals surface area contributed by atoms with E-state index in [1.54, 1.807) is 6.07 Å². The Morgan fingerprint density at radius 3 is 2.95 bits per heavy atom. The van der Waals surface area contributed by atoms with Crippen LogP contribution >= 0.6 is 0 Å². The highest BCUT2D eigenvalue weighted by Crippen LogP contribution is 2.28. The molecule has 2 rings (SSSR count). The number of rotatable bonds is 4. The molecule has 0 saturated carbocycles. The van der Waals surface area contributed by atoms with Gasteiger partial charge in [0.05, 0.1) is 0 Å². The van der Waals surface area contributed by atoms with Gasteiger partial charge in [0.25, 0.3) is 0 Å². The predicted octanol–water partition coefficient (Wildman–Crippen LogP) is 2.09. The largest absolute Gasteiger partial charge is 0.508 e. The molecule has 19 heavy (non-hydrogen) atoms. The lowest BCUT2D eigenvalue weighted by molar-refractivity contribution is 0.203. The fraction of sp³-hybridized carbons (Fsp3) is 0.600. The third-order valence-corrected chi connectivity index (χ3v) is 3.91. The number of aromatic hydroxyl groups is 2. The van der Waals surface area contributed by atoms with Gasteiger partial charge in [0.15, 0.2) is 0 Å². The van der Waals surface area contributed by atoms with E-state index < -0.39 is 0 Å². The quantitative estimate of drug-likeness (QED) is 0.729. The van der Waals surface area contributed by atoms with Crippen molar-refractivity contribution in [3.05, 3.63) is 23.8 Å². The average molecular weight is 264 g/mol. The van der Waals surface area contributed by atoms with Gasteiger partial charge in [-0.25, -0.2) is 0 Å².